The van der Waals surface area contributed by atoms with Gasteiger partial charge in [-0.2, -0.15) is 0 Å². The second-order valence-electron chi connectivity index (χ2n) is 5.92. The zero-order valence-electron chi connectivity index (χ0n) is 14.4. The lowest BCUT2D eigenvalue weighted by Gasteiger charge is -2.13. The van der Waals surface area contributed by atoms with Crippen LogP contribution in [0.2, 0.25) is 0 Å². The van der Waals surface area contributed by atoms with Crippen molar-refractivity contribution < 1.29 is 27.8 Å². The standard InChI is InChI=1S/C21H16F2O4/c1-13(21(25)16-7-9-18(22)19(23)11-16)27-20(24)12-26-17-8-6-14-4-2-3-5-15(14)10-17/h2-11,13H,12H2,1H3/t13-/m1/s1. The van der Waals surface area contributed by atoms with Crippen LogP contribution < -0.4 is 4.74 Å². The Hall–Kier alpha value is -3.28. The van der Waals surface area contributed by atoms with Crippen LogP contribution in [0.3, 0.4) is 0 Å². The number of ketones is 1. The summed E-state index contributed by atoms with van der Waals surface area (Å²) in [6, 6.07) is 15.8. The van der Waals surface area contributed by atoms with Gasteiger partial charge in [-0.3, -0.25) is 4.79 Å². The molecule has 0 saturated carbocycles. The molecule has 0 aliphatic rings. The van der Waals surface area contributed by atoms with E-state index in [0.29, 0.717) is 5.75 Å². The lowest BCUT2D eigenvalue weighted by atomic mass is 10.1. The van der Waals surface area contributed by atoms with Gasteiger partial charge < -0.3 is 9.47 Å². The van der Waals surface area contributed by atoms with Crippen LogP contribution in [0.15, 0.2) is 60.7 Å². The summed E-state index contributed by atoms with van der Waals surface area (Å²) in [5.41, 5.74) is -0.0790. The Morgan fingerprint density at radius 3 is 2.41 bits per heavy atom. The van der Waals surface area contributed by atoms with Gasteiger partial charge in [-0.05, 0) is 48.0 Å². The van der Waals surface area contributed by atoms with Crippen LogP contribution in [-0.4, -0.2) is 24.5 Å². The number of halogens is 2. The van der Waals surface area contributed by atoms with Gasteiger partial charge in [-0.15, -0.1) is 0 Å². The molecule has 3 aromatic rings. The van der Waals surface area contributed by atoms with E-state index in [0.717, 1.165) is 29.0 Å². The van der Waals surface area contributed by atoms with Crippen molar-refractivity contribution >= 4 is 22.5 Å². The molecule has 0 spiro atoms. The van der Waals surface area contributed by atoms with Gasteiger partial charge in [0.2, 0.25) is 5.78 Å². The molecule has 3 rings (SSSR count). The van der Waals surface area contributed by atoms with E-state index >= 15 is 0 Å². The Bertz CT molecular complexity index is 1000. The maximum Gasteiger partial charge on any atom is 0.344 e. The molecule has 0 fully saturated rings. The van der Waals surface area contributed by atoms with E-state index in [1.54, 1.807) is 12.1 Å². The highest BCUT2D eigenvalue weighted by atomic mass is 19.2. The maximum atomic E-state index is 13.2. The van der Waals surface area contributed by atoms with Crippen molar-refractivity contribution in [3.8, 4) is 5.75 Å². The van der Waals surface area contributed by atoms with Crippen LogP contribution >= 0.6 is 0 Å². The van der Waals surface area contributed by atoms with E-state index in [1.807, 2.05) is 30.3 Å². The quantitative estimate of drug-likeness (QED) is 0.479. The van der Waals surface area contributed by atoms with Crippen molar-refractivity contribution in [3.05, 3.63) is 77.9 Å². The first kappa shape index (κ1) is 18.5. The van der Waals surface area contributed by atoms with E-state index in [1.165, 1.54) is 6.92 Å². The van der Waals surface area contributed by atoms with Crippen LogP contribution in [-0.2, 0) is 9.53 Å². The zero-order chi connectivity index (χ0) is 19.4. The summed E-state index contributed by atoms with van der Waals surface area (Å²) in [5, 5.41) is 2.00. The van der Waals surface area contributed by atoms with Gasteiger partial charge >= 0.3 is 5.97 Å². The number of Topliss-reactive ketones (excluding diaryl/α,β-unsaturated/α-hetero) is 1. The minimum Gasteiger partial charge on any atom is -0.482 e. The Labute approximate surface area is 154 Å². The molecule has 3 aromatic carbocycles. The molecule has 0 radical (unpaired) electrons. The molecule has 138 valence electrons. The molecule has 0 unspecified atom stereocenters. The fraction of sp³-hybridized carbons (Fsp3) is 0.143. The van der Waals surface area contributed by atoms with Gasteiger partial charge in [0.1, 0.15) is 5.75 Å². The molecular weight excluding hydrogens is 354 g/mol. The molecule has 0 heterocycles. The molecule has 27 heavy (non-hydrogen) atoms. The van der Waals surface area contributed by atoms with Crippen LogP contribution in [0.25, 0.3) is 10.8 Å². The van der Waals surface area contributed by atoms with E-state index in [-0.39, 0.29) is 12.2 Å². The molecule has 0 aromatic heterocycles. The van der Waals surface area contributed by atoms with Gasteiger partial charge in [0.05, 0.1) is 0 Å². The van der Waals surface area contributed by atoms with Crippen LogP contribution in [0, 0.1) is 11.6 Å². The minimum atomic E-state index is -1.15. The average molecular weight is 370 g/mol. The summed E-state index contributed by atoms with van der Waals surface area (Å²) in [4.78, 5) is 24.1. The molecule has 0 saturated heterocycles. The number of ether oxygens (including phenoxy) is 2. The Balaban J connectivity index is 1.57. The first-order chi connectivity index (χ1) is 12.9. The predicted molar refractivity (Wildman–Crippen MR) is 95.7 cm³/mol. The van der Waals surface area contributed by atoms with Crippen molar-refractivity contribution in [2.45, 2.75) is 13.0 Å². The summed E-state index contributed by atoms with van der Waals surface area (Å²) in [5.74, 6) is -3.08. The van der Waals surface area contributed by atoms with E-state index in [2.05, 4.69) is 0 Å². The summed E-state index contributed by atoms with van der Waals surface area (Å²) in [7, 11) is 0. The number of fused-ring (bicyclic) bond motifs is 1. The molecule has 0 bridgehead atoms. The summed E-state index contributed by atoms with van der Waals surface area (Å²) in [6.07, 6.45) is -1.15. The van der Waals surface area contributed by atoms with E-state index in [4.69, 9.17) is 9.47 Å². The number of esters is 1. The smallest absolute Gasteiger partial charge is 0.344 e. The number of hydrogen-bond donors (Lipinski definition) is 0. The van der Waals surface area contributed by atoms with Gasteiger partial charge in [-0.25, -0.2) is 13.6 Å². The van der Waals surface area contributed by atoms with Crippen LogP contribution in [0.4, 0.5) is 8.78 Å². The fourth-order valence-corrected chi connectivity index (χ4v) is 2.57. The highest BCUT2D eigenvalue weighted by molar-refractivity contribution is 6.00. The molecule has 1 atom stereocenters. The minimum absolute atomic E-state index is 0.0790. The van der Waals surface area contributed by atoms with Crippen molar-refractivity contribution in [2.75, 3.05) is 6.61 Å². The van der Waals surface area contributed by atoms with Crippen molar-refractivity contribution in [1.82, 2.24) is 0 Å². The second kappa shape index (κ2) is 7.95. The Morgan fingerprint density at radius 2 is 1.67 bits per heavy atom. The summed E-state index contributed by atoms with van der Waals surface area (Å²) < 4.78 is 36.6. The van der Waals surface area contributed by atoms with E-state index in [9.17, 15) is 18.4 Å². The third-order valence-corrected chi connectivity index (χ3v) is 3.96. The first-order valence-electron chi connectivity index (χ1n) is 8.24. The van der Waals surface area contributed by atoms with Crippen molar-refractivity contribution in [3.63, 3.8) is 0 Å². The number of carbonyl (C=O) groups is 2. The topological polar surface area (TPSA) is 52.6 Å². The molecular formula is C21H16F2O4. The third-order valence-electron chi connectivity index (χ3n) is 3.96. The van der Waals surface area contributed by atoms with Crippen molar-refractivity contribution in [2.24, 2.45) is 0 Å². The number of hydrogen-bond acceptors (Lipinski definition) is 4. The Kier molecular flexibility index (Phi) is 5.45. The molecule has 0 aliphatic heterocycles. The molecule has 4 nitrogen and oxygen atoms in total. The molecule has 6 heteroatoms. The number of benzene rings is 3. The predicted octanol–water partition coefficient (Wildman–Crippen LogP) is 4.31. The third kappa shape index (κ3) is 4.47. The highest BCUT2D eigenvalue weighted by Gasteiger charge is 2.21. The average Bonchev–Trinajstić information content (AvgIpc) is 2.67. The molecule has 0 amide bonds. The molecule has 0 aliphatic carbocycles. The Morgan fingerprint density at radius 1 is 0.926 bits per heavy atom. The van der Waals surface area contributed by atoms with Gasteiger partial charge in [0.15, 0.2) is 24.3 Å². The zero-order valence-corrected chi connectivity index (χ0v) is 14.4. The largest absolute Gasteiger partial charge is 0.482 e. The highest BCUT2D eigenvalue weighted by Crippen LogP contribution is 2.20. The van der Waals surface area contributed by atoms with Gasteiger partial charge in [0, 0.05) is 5.56 Å². The molecule has 0 N–H and O–H groups in total. The maximum absolute atomic E-state index is 13.2. The lowest BCUT2D eigenvalue weighted by molar-refractivity contribution is -0.148. The fourth-order valence-electron chi connectivity index (χ4n) is 2.57. The normalized spacial score (nSPS) is 11.8. The van der Waals surface area contributed by atoms with Crippen LogP contribution in [0.5, 0.6) is 5.75 Å². The second-order valence-corrected chi connectivity index (χ2v) is 5.92. The first-order valence-corrected chi connectivity index (χ1v) is 8.24. The number of carbonyl (C=O) groups excluding carboxylic acids is 2. The SMILES string of the molecule is C[C@@H](OC(=O)COc1ccc2ccccc2c1)C(=O)c1ccc(F)c(F)c1. The summed E-state index contributed by atoms with van der Waals surface area (Å²) >= 11 is 0. The summed E-state index contributed by atoms with van der Waals surface area (Å²) in [6.45, 7) is 0.977. The van der Waals surface area contributed by atoms with Gasteiger partial charge in [0.25, 0.3) is 0 Å². The number of rotatable bonds is 6. The van der Waals surface area contributed by atoms with E-state index < -0.39 is 29.5 Å². The monoisotopic (exact) mass is 370 g/mol. The van der Waals surface area contributed by atoms with Crippen LogP contribution in [0.1, 0.15) is 17.3 Å². The van der Waals surface area contributed by atoms with Crippen molar-refractivity contribution in [1.29, 1.82) is 0 Å². The van der Waals surface area contributed by atoms with Gasteiger partial charge in [-0.1, -0.05) is 30.3 Å². The lowest BCUT2D eigenvalue weighted by Crippen LogP contribution is -2.27.